The molecule has 0 atom stereocenters. The largest absolute Gasteiger partial charge is 0.461 e. The Labute approximate surface area is 246 Å². The molecule has 0 saturated carbocycles. The number of thioether (sulfide) groups is 1. The summed E-state index contributed by atoms with van der Waals surface area (Å²) < 4.78 is 7.36. The Morgan fingerprint density at radius 3 is 2.55 bits per heavy atom. The summed E-state index contributed by atoms with van der Waals surface area (Å²) in [7, 11) is 0. The van der Waals surface area contributed by atoms with E-state index in [-0.39, 0.29) is 5.91 Å². The first kappa shape index (κ1) is 27.1. The zero-order valence-electron chi connectivity index (χ0n) is 19.3. The lowest BCUT2D eigenvalue weighted by atomic mass is 10.1. The van der Waals surface area contributed by atoms with Crippen molar-refractivity contribution in [2.75, 3.05) is 6.54 Å². The number of carbonyl (C=O) groups is 1. The topological polar surface area (TPSA) is 85.8 Å². The molecule has 0 unspecified atom stereocenters. The number of amides is 1. The second kappa shape index (κ2) is 12.1. The highest BCUT2D eigenvalue weighted by Gasteiger charge is 2.21. The van der Waals surface area contributed by atoms with Crippen molar-refractivity contribution in [3.8, 4) is 17.3 Å². The van der Waals surface area contributed by atoms with Gasteiger partial charge in [-0.15, -0.1) is 21.5 Å². The highest BCUT2D eigenvalue weighted by Crippen LogP contribution is 2.34. The minimum Gasteiger partial charge on any atom is -0.461 e. The fourth-order valence-corrected chi connectivity index (χ4v) is 6.28. The molecule has 0 saturated heterocycles. The van der Waals surface area contributed by atoms with Crippen LogP contribution in [-0.2, 0) is 12.2 Å². The molecule has 2 aromatic carbocycles. The van der Waals surface area contributed by atoms with E-state index in [1.807, 2.05) is 10.6 Å². The highest BCUT2D eigenvalue weighted by molar-refractivity contribution is 7.98. The fraction of sp³-hybridized carbons (Fsp3) is 0.120. The van der Waals surface area contributed by atoms with Gasteiger partial charge in [0.05, 0.1) is 22.7 Å². The van der Waals surface area contributed by atoms with Gasteiger partial charge in [-0.1, -0.05) is 64.2 Å². The molecule has 3 aromatic heterocycles. The first-order valence-corrected chi connectivity index (χ1v) is 14.5. The van der Waals surface area contributed by atoms with Gasteiger partial charge < -0.3 is 9.73 Å². The molecule has 0 bridgehead atoms. The number of nitrogens with one attached hydrogen (secondary N) is 1. The number of thiazole rings is 1. The van der Waals surface area contributed by atoms with E-state index in [9.17, 15) is 4.79 Å². The number of carbonyl (C=O) groups excluding carboxylic acids is 1. The van der Waals surface area contributed by atoms with E-state index in [1.165, 1.54) is 23.1 Å². The van der Waals surface area contributed by atoms with E-state index < -0.39 is 0 Å². The summed E-state index contributed by atoms with van der Waals surface area (Å²) in [6.45, 7) is 0.419. The molecule has 38 heavy (non-hydrogen) atoms. The predicted molar refractivity (Wildman–Crippen MR) is 153 cm³/mol. The molecule has 0 fully saturated rings. The van der Waals surface area contributed by atoms with Crippen molar-refractivity contribution in [2.45, 2.75) is 17.3 Å². The molecule has 0 spiro atoms. The van der Waals surface area contributed by atoms with Crippen molar-refractivity contribution in [1.82, 2.24) is 25.1 Å². The van der Waals surface area contributed by atoms with E-state index in [4.69, 9.17) is 50.8 Å². The number of benzene rings is 2. The van der Waals surface area contributed by atoms with Crippen LogP contribution in [0.4, 0.5) is 0 Å². The summed E-state index contributed by atoms with van der Waals surface area (Å²) in [4.78, 5) is 17.1. The summed E-state index contributed by atoms with van der Waals surface area (Å²) in [5.41, 5.74) is 1.92. The van der Waals surface area contributed by atoms with Crippen LogP contribution in [0.15, 0.2) is 69.7 Å². The van der Waals surface area contributed by atoms with Crippen LogP contribution in [0, 0.1) is 0 Å². The van der Waals surface area contributed by atoms with Crippen molar-refractivity contribution in [2.24, 2.45) is 0 Å². The quantitative estimate of drug-likeness (QED) is 0.168. The average Bonchev–Trinajstić information content (AvgIpc) is 3.65. The van der Waals surface area contributed by atoms with E-state index in [0.717, 1.165) is 10.6 Å². The summed E-state index contributed by atoms with van der Waals surface area (Å²) in [5.74, 6) is 1.27. The first-order chi connectivity index (χ1) is 18.4. The minimum atomic E-state index is -0.251. The number of hydrogen-bond donors (Lipinski definition) is 1. The first-order valence-electron chi connectivity index (χ1n) is 11.1. The fourth-order valence-electron chi connectivity index (χ4n) is 3.54. The average molecular weight is 625 g/mol. The van der Waals surface area contributed by atoms with Crippen molar-refractivity contribution in [3.05, 3.63) is 96.5 Å². The molecular weight excluding hydrogens is 608 g/mol. The van der Waals surface area contributed by atoms with Crippen LogP contribution in [0.5, 0.6) is 0 Å². The molecule has 5 aromatic rings. The monoisotopic (exact) mass is 623 g/mol. The van der Waals surface area contributed by atoms with Gasteiger partial charge in [-0.25, -0.2) is 4.98 Å². The second-order valence-corrected chi connectivity index (χ2v) is 11.4. The lowest BCUT2D eigenvalue weighted by molar-refractivity contribution is 0.0949. The molecule has 3 heterocycles. The summed E-state index contributed by atoms with van der Waals surface area (Å²) in [5, 5.41) is 16.7. The van der Waals surface area contributed by atoms with E-state index in [0.29, 0.717) is 66.9 Å². The number of aromatic nitrogens is 4. The van der Waals surface area contributed by atoms with Crippen LogP contribution in [0.25, 0.3) is 17.3 Å². The highest BCUT2D eigenvalue weighted by atomic mass is 35.5. The van der Waals surface area contributed by atoms with Crippen LogP contribution >= 0.6 is 69.5 Å². The molecule has 5 rings (SSSR count). The third-order valence-electron chi connectivity index (χ3n) is 5.33. The number of rotatable bonds is 9. The molecule has 0 aliphatic rings. The zero-order valence-corrected chi connectivity index (χ0v) is 24.0. The molecule has 194 valence electrons. The van der Waals surface area contributed by atoms with Gasteiger partial charge in [0.1, 0.15) is 10.7 Å². The van der Waals surface area contributed by atoms with Gasteiger partial charge >= 0.3 is 0 Å². The molecule has 0 aliphatic carbocycles. The SMILES string of the molecule is O=C(NCCc1ccc(Cl)cc1Cl)c1csc(CSc2nnc(-c3ccco3)n2-c2ccc(Cl)cc2Cl)n1. The van der Waals surface area contributed by atoms with E-state index >= 15 is 0 Å². The number of hydrogen-bond acceptors (Lipinski definition) is 7. The number of nitrogens with zero attached hydrogens (tertiary/aromatic N) is 4. The van der Waals surface area contributed by atoms with Crippen molar-refractivity contribution < 1.29 is 9.21 Å². The molecule has 7 nitrogen and oxygen atoms in total. The van der Waals surface area contributed by atoms with Crippen molar-refractivity contribution in [1.29, 1.82) is 0 Å². The van der Waals surface area contributed by atoms with Crippen LogP contribution in [0.3, 0.4) is 0 Å². The number of halogens is 4. The van der Waals surface area contributed by atoms with Crippen LogP contribution < -0.4 is 5.32 Å². The smallest absolute Gasteiger partial charge is 0.270 e. The van der Waals surface area contributed by atoms with Gasteiger partial charge in [0.2, 0.25) is 5.82 Å². The van der Waals surface area contributed by atoms with E-state index in [2.05, 4.69) is 20.5 Å². The Hall–Kier alpha value is -2.53. The summed E-state index contributed by atoms with van der Waals surface area (Å²) in [6.07, 6.45) is 2.15. The lowest BCUT2D eigenvalue weighted by Crippen LogP contribution is -2.26. The van der Waals surface area contributed by atoms with Gasteiger partial charge in [-0.2, -0.15) is 0 Å². The van der Waals surface area contributed by atoms with Crippen LogP contribution in [0.2, 0.25) is 20.1 Å². The zero-order chi connectivity index (χ0) is 26.6. The molecule has 0 radical (unpaired) electrons. The van der Waals surface area contributed by atoms with Gasteiger partial charge in [0.15, 0.2) is 10.9 Å². The standard InChI is InChI=1S/C25H17Cl4N5O2S2/c26-15-4-3-14(17(28)10-15)7-8-30-24(35)19-12-37-22(31-19)13-38-25-33-32-23(21-2-1-9-36-21)34(25)20-6-5-16(27)11-18(20)29/h1-6,9-12H,7-8,13H2,(H,30,35). The molecule has 13 heteroatoms. The lowest BCUT2D eigenvalue weighted by Gasteiger charge is -2.11. The Morgan fingerprint density at radius 1 is 1.03 bits per heavy atom. The molecule has 1 N–H and O–H groups in total. The summed E-state index contributed by atoms with van der Waals surface area (Å²) >= 11 is 27.6. The molecule has 0 aliphatic heterocycles. The Kier molecular flexibility index (Phi) is 8.62. The van der Waals surface area contributed by atoms with Gasteiger partial charge in [-0.05, 0) is 54.4 Å². The Morgan fingerprint density at radius 2 is 1.82 bits per heavy atom. The normalized spacial score (nSPS) is 11.2. The number of furan rings is 1. The third kappa shape index (κ3) is 6.20. The van der Waals surface area contributed by atoms with Crippen molar-refractivity contribution >= 4 is 75.4 Å². The van der Waals surface area contributed by atoms with Crippen molar-refractivity contribution in [3.63, 3.8) is 0 Å². The summed E-state index contributed by atoms with van der Waals surface area (Å²) in [6, 6.07) is 14.1. The minimum absolute atomic E-state index is 0.251. The molecule has 1 amide bonds. The van der Waals surface area contributed by atoms with Crippen LogP contribution in [-0.4, -0.2) is 32.2 Å². The maximum Gasteiger partial charge on any atom is 0.270 e. The Balaban J connectivity index is 1.27. The maximum absolute atomic E-state index is 12.6. The van der Waals surface area contributed by atoms with Gasteiger partial charge in [0.25, 0.3) is 5.91 Å². The van der Waals surface area contributed by atoms with Crippen LogP contribution in [0.1, 0.15) is 21.1 Å². The second-order valence-electron chi connectivity index (χ2n) is 7.87. The predicted octanol–water partition coefficient (Wildman–Crippen LogP) is 7.86. The maximum atomic E-state index is 12.6. The molecular formula is C25H17Cl4N5O2S2. The van der Waals surface area contributed by atoms with Gasteiger partial charge in [0, 0.05) is 27.0 Å². The third-order valence-corrected chi connectivity index (χ3v) is 8.43. The Bertz CT molecular complexity index is 1590. The van der Waals surface area contributed by atoms with Gasteiger partial charge in [-0.3, -0.25) is 9.36 Å². The van der Waals surface area contributed by atoms with E-state index in [1.54, 1.807) is 54.1 Å².